The Bertz CT molecular complexity index is 935. The number of anilines is 4. The summed E-state index contributed by atoms with van der Waals surface area (Å²) in [6, 6.07) is 19.8. The van der Waals surface area contributed by atoms with E-state index < -0.39 is 0 Å². The minimum Gasteiger partial charge on any atom is -0.368 e. The Morgan fingerprint density at radius 1 is 0.893 bits per heavy atom. The van der Waals surface area contributed by atoms with Crippen LogP contribution in [0.5, 0.6) is 0 Å². The van der Waals surface area contributed by atoms with Crippen molar-refractivity contribution in [2.45, 2.75) is 6.92 Å². The van der Waals surface area contributed by atoms with Gasteiger partial charge in [0.2, 0.25) is 5.95 Å². The fourth-order valence-corrected chi connectivity index (χ4v) is 3.34. The predicted molar refractivity (Wildman–Crippen MR) is 113 cm³/mol. The smallest absolute Gasteiger partial charge is 0.229 e. The maximum Gasteiger partial charge on any atom is 0.229 e. The molecule has 3 aromatic rings. The first-order chi connectivity index (χ1) is 13.7. The van der Waals surface area contributed by atoms with Gasteiger partial charge in [-0.05, 0) is 49.4 Å². The van der Waals surface area contributed by atoms with Crippen molar-refractivity contribution in [3.8, 4) is 0 Å². The number of carbonyl (C=O) groups excluding carboxylic acids is 1. The van der Waals surface area contributed by atoms with Crippen molar-refractivity contribution in [2.24, 2.45) is 0 Å². The van der Waals surface area contributed by atoms with Gasteiger partial charge in [-0.2, -0.15) is 4.98 Å². The molecule has 2 aromatic carbocycles. The van der Waals surface area contributed by atoms with Gasteiger partial charge in [-0.1, -0.05) is 18.2 Å². The van der Waals surface area contributed by atoms with Gasteiger partial charge >= 0.3 is 0 Å². The summed E-state index contributed by atoms with van der Waals surface area (Å²) in [6.07, 6.45) is 1.78. The van der Waals surface area contributed by atoms with Crippen molar-refractivity contribution < 1.29 is 4.79 Å². The number of rotatable bonds is 5. The fraction of sp³-hybridized carbons (Fsp3) is 0.227. The van der Waals surface area contributed by atoms with Gasteiger partial charge in [0, 0.05) is 49.3 Å². The molecule has 1 aromatic heterocycles. The van der Waals surface area contributed by atoms with Gasteiger partial charge < -0.3 is 15.1 Å². The van der Waals surface area contributed by atoms with Crippen LogP contribution >= 0.6 is 0 Å². The summed E-state index contributed by atoms with van der Waals surface area (Å²) in [5, 5.41) is 3.21. The maximum atomic E-state index is 11.4. The number of hydrogen-bond acceptors (Lipinski definition) is 6. The number of piperazine rings is 1. The van der Waals surface area contributed by atoms with Crippen LogP contribution in [-0.4, -0.2) is 41.9 Å². The number of benzene rings is 2. The van der Waals surface area contributed by atoms with E-state index in [2.05, 4.69) is 49.4 Å². The summed E-state index contributed by atoms with van der Waals surface area (Å²) in [7, 11) is 0. The third-order valence-corrected chi connectivity index (χ3v) is 4.91. The van der Waals surface area contributed by atoms with Crippen molar-refractivity contribution >= 4 is 28.9 Å². The first kappa shape index (κ1) is 18.0. The first-order valence-electron chi connectivity index (χ1n) is 9.45. The molecule has 1 saturated heterocycles. The van der Waals surface area contributed by atoms with Crippen LogP contribution in [0.4, 0.5) is 23.1 Å². The molecule has 0 saturated carbocycles. The summed E-state index contributed by atoms with van der Waals surface area (Å²) in [6.45, 7) is 5.32. The summed E-state index contributed by atoms with van der Waals surface area (Å²) in [4.78, 5) is 25.1. The van der Waals surface area contributed by atoms with Crippen LogP contribution in [0.3, 0.4) is 0 Å². The molecule has 28 heavy (non-hydrogen) atoms. The molecule has 6 nitrogen and oxygen atoms in total. The van der Waals surface area contributed by atoms with E-state index in [4.69, 9.17) is 0 Å². The van der Waals surface area contributed by atoms with Gasteiger partial charge in [-0.25, -0.2) is 4.98 Å². The molecule has 0 atom stereocenters. The lowest BCUT2D eigenvalue weighted by atomic mass is 10.1. The lowest BCUT2D eigenvalue weighted by Crippen LogP contribution is -2.46. The molecule has 1 aliphatic rings. The Labute approximate surface area is 164 Å². The number of nitrogens with zero attached hydrogens (tertiary/aromatic N) is 4. The van der Waals surface area contributed by atoms with Crippen LogP contribution in [0, 0.1) is 0 Å². The van der Waals surface area contributed by atoms with E-state index in [1.165, 1.54) is 5.69 Å². The predicted octanol–water partition coefficient (Wildman–Crippen LogP) is 3.75. The molecule has 0 spiro atoms. The Kier molecular flexibility index (Phi) is 5.19. The van der Waals surface area contributed by atoms with Gasteiger partial charge in [0.15, 0.2) is 5.78 Å². The van der Waals surface area contributed by atoms with Gasteiger partial charge in [-0.15, -0.1) is 0 Å². The molecule has 0 aliphatic carbocycles. The first-order valence-corrected chi connectivity index (χ1v) is 9.45. The minimum absolute atomic E-state index is 0.0550. The lowest BCUT2D eigenvalue weighted by Gasteiger charge is -2.36. The molecule has 1 N–H and O–H groups in total. The van der Waals surface area contributed by atoms with Crippen molar-refractivity contribution in [2.75, 3.05) is 41.3 Å². The van der Waals surface area contributed by atoms with Crippen molar-refractivity contribution in [1.82, 2.24) is 9.97 Å². The van der Waals surface area contributed by atoms with E-state index in [0.717, 1.165) is 37.7 Å². The Morgan fingerprint density at radius 3 is 2.25 bits per heavy atom. The van der Waals surface area contributed by atoms with Gasteiger partial charge in [-0.3, -0.25) is 4.79 Å². The van der Waals surface area contributed by atoms with Crippen LogP contribution < -0.4 is 15.1 Å². The number of aromatic nitrogens is 2. The van der Waals surface area contributed by atoms with E-state index in [9.17, 15) is 4.79 Å². The monoisotopic (exact) mass is 373 g/mol. The largest absolute Gasteiger partial charge is 0.368 e. The molecule has 0 amide bonds. The van der Waals surface area contributed by atoms with Crippen molar-refractivity contribution in [3.63, 3.8) is 0 Å². The van der Waals surface area contributed by atoms with Crippen molar-refractivity contribution in [3.05, 3.63) is 72.4 Å². The van der Waals surface area contributed by atoms with E-state index in [-0.39, 0.29) is 5.78 Å². The Morgan fingerprint density at radius 2 is 1.57 bits per heavy atom. The van der Waals surface area contributed by atoms with Crippen molar-refractivity contribution in [1.29, 1.82) is 0 Å². The normalized spacial score (nSPS) is 14.0. The second-order valence-electron chi connectivity index (χ2n) is 6.81. The topological polar surface area (TPSA) is 61.4 Å². The number of Topliss-reactive ketones (excluding diaryl/α,β-unsaturated/α-hetero) is 1. The zero-order valence-corrected chi connectivity index (χ0v) is 15.9. The van der Waals surface area contributed by atoms with Crippen LogP contribution in [0.15, 0.2) is 66.9 Å². The molecular formula is C22H23N5O. The quantitative estimate of drug-likeness (QED) is 0.688. The Balaban J connectivity index is 1.41. The summed E-state index contributed by atoms with van der Waals surface area (Å²) >= 11 is 0. The zero-order valence-electron chi connectivity index (χ0n) is 15.9. The number of hydrogen-bond donors (Lipinski definition) is 1. The molecule has 0 unspecified atom stereocenters. The molecule has 1 aliphatic heterocycles. The highest BCUT2D eigenvalue weighted by atomic mass is 16.1. The van der Waals surface area contributed by atoms with E-state index in [1.54, 1.807) is 25.3 Å². The summed E-state index contributed by atoms with van der Waals surface area (Å²) in [5.74, 6) is 1.53. The SMILES string of the molecule is CC(=O)c1ccc(Nc2nccc(N3CCN(c4ccccc4)CC3)n2)cc1. The minimum atomic E-state index is 0.0550. The number of carbonyl (C=O) groups is 1. The molecule has 4 rings (SSSR count). The fourth-order valence-electron chi connectivity index (χ4n) is 3.34. The van der Waals surface area contributed by atoms with E-state index >= 15 is 0 Å². The standard InChI is InChI=1S/C22H23N5O/c1-17(28)18-7-9-19(10-8-18)24-22-23-12-11-21(25-22)27-15-13-26(14-16-27)20-5-3-2-4-6-20/h2-12H,13-16H2,1H3,(H,23,24,25). The zero-order chi connectivity index (χ0) is 19.3. The summed E-state index contributed by atoms with van der Waals surface area (Å²) in [5.41, 5.74) is 2.81. The number of ketones is 1. The molecule has 6 heteroatoms. The maximum absolute atomic E-state index is 11.4. The highest BCUT2D eigenvalue weighted by molar-refractivity contribution is 5.94. The average Bonchev–Trinajstić information content (AvgIpc) is 2.75. The van der Waals surface area contributed by atoms with E-state index in [1.807, 2.05) is 24.3 Å². The highest BCUT2D eigenvalue weighted by Crippen LogP contribution is 2.21. The Hall–Kier alpha value is -3.41. The second kappa shape index (κ2) is 8.08. The molecule has 142 valence electrons. The second-order valence-corrected chi connectivity index (χ2v) is 6.81. The molecule has 1 fully saturated rings. The molecule has 0 radical (unpaired) electrons. The number of nitrogens with one attached hydrogen (secondary N) is 1. The van der Waals surface area contributed by atoms with Gasteiger partial charge in [0.25, 0.3) is 0 Å². The molecule has 2 heterocycles. The van der Waals surface area contributed by atoms with E-state index in [0.29, 0.717) is 11.5 Å². The number of para-hydroxylation sites is 1. The highest BCUT2D eigenvalue weighted by Gasteiger charge is 2.18. The van der Waals surface area contributed by atoms with Gasteiger partial charge in [0.05, 0.1) is 0 Å². The average molecular weight is 373 g/mol. The molecule has 0 bridgehead atoms. The van der Waals surface area contributed by atoms with Crippen LogP contribution in [0.1, 0.15) is 17.3 Å². The van der Waals surface area contributed by atoms with Crippen LogP contribution in [0.25, 0.3) is 0 Å². The van der Waals surface area contributed by atoms with Crippen LogP contribution in [-0.2, 0) is 0 Å². The van der Waals surface area contributed by atoms with Gasteiger partial charge in [0.1, 0.15) is 5.82 Å². The third-order valence-electron chi connectivity index (χ3n) is 4.91. The van der Waals surface area contributed by atoms with Crippen LogP contribution in [0.2, 0.25) is 0 Å². The lowest BCUT2D eigenvalue weighted by molar-refractivity contribution is 0.101. The molecular weight excluding hydrogens is 350 g/mol. The third kappa shape index (κ3) is 4.11. The summed E-state index contributed by atoms with van der Waals surface area (Å²) < 4.78 is 0.